The third kappa shape index (κ3) is 1.66. The van der Waals surface area contributed by atoms with Crippen molar-refractivity contribution >= 4 is 5.78 Å². The SMILES string of the molecule is CC1(C)CCC[C@@H]2CC(=O)CC[C@H]21. The van der Waals surface area contributed by atoms with Crippen LogP contribution in [0, 0.1) is 17.3 Å². The van der Waals surface area contributed by atoms with Gasteiger partial charge < -0.3 is 0 Å². The highest BCUT2D eigenvalue weighted by molar-refractivity contribution is 5.79. The van der Waals surface area contributed by atoms with Crippen molar-refractivity contribution in [2.75, 3.05) is 0 Å². The third-order valence-electron chi connectivity index (χ3n) is 4.19. The Kier molecular flexibility index (Phi) is 2.21. The van der Waals surface area contributed by atoms with E-state index in [0.717, 1.165) is 31.1 Å². The van der Waals surface area contributed by atoms with Gasteiger partial charge in [-0.1, -0.05) is 20.3 Å². The van der Waals surface area contributed by atoms with Crippen molar-refractivity contribution in [3.63, 3.8) is 0 Å². The van der Waals surface area contributed by atoms with Crippen molar-refractivity contribution in [3.05, 3.63) is 0 Å². The lowest BCUT2D eigenvalue weighted by atomic mass is 9.59. The molecule has 0 aromatic rings. The monoisotopic (exact) mass is 180 g/mol. The zero-order valence-corrected chi connectivity index (χ0v) is 8.81. The Labute approximate surface area is 80.9 Å². The normalized spacial score (nSPS) is 38.5. The van der Waals surface area contributed by atoms with Crippen LogP contribution in [0.4, 0.5) is 0 Å². The van der Waals surface area contributed by atoms with Crippen LogP contribution in [0.2, 0.25) is 0 Å². The van der Waals surface area contributed by atoms with Crippen LogP contribution in [-0.4, -0.2) is 5.78 Å². The fourth-order valence-electron chi connectivity index (χ4n) is 3.43. The summed E-state index contributed by atoms with van der Waals surface area (Å²) < 4.78 is 0. The summed E-state index contributed by atoms with van der Waals surface area (Å²) in [4.78, 5) is 11.3. The van der Waals surface area contributed by atoms with E-state index < -0.39 is 0 Å². The highest BCUT2D eigenvalue weighted by Crippen LogP contribution is 2.49. The summed E-state index contributed by atoms with van der Waals surface area (Å²) in [7, 11) is 0. The predicted molar refractivity (Wildman–Crippen MR) is 53.5 cm³/mol. The van der Waals surface area contributed by atoms with E-state index in [1.54, 1.807) is 0 Å². The van der Waals surface area contributed by atoms with Gasteiger partial charge in [-0.05, 0) is 36.5 Å². The van der Waals surface area contributed by atoms with Crippen LogP contribution in [0.15, 0.2) is 0 Å². The molecule has 0 unspecified atom stereocenters. The molecule has 0 saturated heterocycles. The number of hydrogen-bond acceptors (Lipinski definition) is 1. The molecule has 2 aliphatic rings. The summed E-state index contributed by atoms with van der Waals surface area (Å²) in [6, 6.07) is 0. The first kappa shape index (κ1) is 9.23. The van der Waals surface area contributed by atoms with Crippen LogP contribution in [-0.2, 0) is 4.79 Å². The van der Waals surface area contributed by atoms with E-state index in [9.17, 15) is 4.79 Å². The fourth-order valence-corrected chi connectivity index (χ4v) is 3.43. The molecule has 2 rings (SSSR count). The van der Waals surface area contributed by atoms with Gasteiger partial charge >= 0.3 is 0 Å². The van der Waals surface area contributed by atoms with Gasteiger partial charge in [0.15, 0.2) is 0 Å². The topological polar surface area (TPSA) is 17.1 Å². The molecule has 2 atom stereocenters. The number of hydrogen-bond donors (Lipinski definition) is 0. The standard InChI is InChI=1S/C12H20O/c1-12(2)7-3-4-9-8-10(13)5-6-11(9)12/h9,11H,3-8H2,1-2H3/t9-,11-/m1/s1. The number of carbonyl (C=O) groups excluding carboxylic acids is 1. The minimum Gasteiger partial charge on any atom is -0.300 e. The maximum Gasteiger partial charge on any atom is 0.133 e. The van der Waals surface area contributed by atoms with Crippen molar-refractivity contribution < 1.29 is 4.79 Å². The summed E-state index contributed by atoms with van der Waals surface area (Å²) in [5.41, 5.74) is 0.504. The summed E-state index contributed by atoms with van der Waals surface area (Å²) in [6.45, 7) is 4.78. The lowest BCUT2D eigenvalue weighted by Gasteiger charge is -2.46. The van der Waals surface area contributed by atoms with Crippen molar-refractivity contribution in [2.24, 2.45) is 17.3 Å². The first-order valence-electron chi connectivity index (χ1n) is 5.61. The number of carbonyl (C=O) groups is 1. The molecule has 2 aliphatic carbocycles. The van der Waals surface area contributed by atoms with Crippen molar-refractivity contribution in [2.45, 2.75) is 52.4 Å². The average molecular weight is 180 g/mol. The molecule has 74 valence electrons. The molecular formula is C12H20O. The van der Waals surface area contributed by atoms with Gasteiger partial charge in [-0.3, -0.25) is 4.79 Å². The van der Waals surface area contributed by atoms with E-state index in [2.05, 4.69) is 13.8 Å². The number of ketones is 1. The minimum atomic E-state index is 0.504. The molecule has 1 heteroatoms. The van der Waals surface area contributed by atoms with Gasteiger partial charge in [-0.15, -0.1) is 0 Å². The van der Waals surface area contributed by atoms with Gasteiger partial charge in [0, 0.05) is 12.8 Å². The Morgan fingerprint density at radius 3 is 2.85 bits per heavy atom. The number of Topliss-reactive ketones (excluding diaryl/α,β-unsaturated/α-hetero) is 1. The molecule has 0 bridgehead atoms. The molecular weight excluding hydrogens is 160 g/mol. The quantitative estimate of drug-likeness (QED) is 0.559. The van der Waals surface area contributed by atoms with E-state index in [1.165, 1.54) is 19.3 Å². The van der Waals surface area contributed by atoms with Gasteiger partial charge in [0.05, 0.1) is 0 Å². The molecule has 0 heterocycles. The molecule has 0 aromatic carbocycles. The Hall–Kier alpha value is -0.330. The van der Waals surface area contributed by atoms with Crippen LogP contribution in [0.1, 0.15) is 52.4 Å². The molecule has 0 aliphatic heterocycles. The largest absolute Gasteiger partial charge is 0.300 e. The lowest BCUT2D eigenvalue weighted by Crippen LogP contribution is -2.39. The Morgan fingerprint density at radius 1 is 1.31 bits per heavy atom. The van der Waals surface area contributed by atoms with Crippen LogP contribution >= 0.6 is 0 Å². The van der Waals surface area contributed by atoms with Crippen LogP contribution in [0.3, 0.4) is 0 Å². The highest BCUT2D eigenvalue weighted by Gasteiger charge is 2.41. The van der Waals surface area contributed by atoms with E-state index in [1.807, 2.05) is 0 Å². The van der Waals surface area contributed by atoms with Gasteiger partial charge in [0.1, 0.15) is 5.78 Å². The predicted octanol–water partition coefficient (Wildman–Crippen LogP) is 3.18. The molecule has 0 spiro atoms. The third-order valence-corrected chi connectivity index (χ3v) is 4.19. The van der Waals surface area contributed by atoms with Crippen LogP contribution in [0.25, 0.3) is 0 Å². The van der Waals surface area contributed by atoms with E-state index in [4.69, 9.17) is 0 Å². The molecule has 0 radical (unpaired) electrons. The zero-order valence-electron chi connectivity index (χ0n) is 8.81. The number of rotatable bonds is 0. The van der Waals surface area contributed by atoms with Crippen molar-refractivity contribution in [3.8, 4) is 0 Å². The molecule has 0 aromatic heterocycles. The molecule has 2 fully saturated rings. The molecule has 0 amide bonds. The van der Waals surface area contributed by atoms with Gasteiger partial charge in [0.2, 0.25) is 0 Å². The van der Waals surface area contributed by atoms with Gasteiger partial charge in [-0.25, -0.2) is 0 Å². The maximum atomic E-state index is 11.3. The summed E-state index contributed by atoms with van der Waals surface area (Å²) in [5.74, 6) is 2.07. The van der Waals surface area contributed by atoms with E-state index in [-0.39, 0.29) is 0 Å². The second-order valence-electron chi connectivity index (χ2n) is 5.53. The highest BCUT2D eigenvalue weighted by atomic mass is 16.1. The lowest BCUT2D eigenvalue weighted by molar-refractivity contribution is -0.125. The first-order valence-corrected chi connectivity index (χ1v) is 5.61. The van der Waals surface area contributed by atoms with Gasteiger partial charge in [0.25, 0.3) is 0 Å². The van der Waals surface area contributed by atoms with Crippen molar-refractivity contribution in [1.82, 2.24) is 0 Å². The second kappa shape index (κ2) is 3.11. The zero-order chi connectivity index (χ0) is 9.47. The van der Waals surface area contributed by atoms with Crippen molar-refractivity contribution in [1.29, 1.82) is 0 Å². The maximum absolute atomic E-state index is 11.3. The molecule has 13 heavy (non-hydrogen) atoms. The summed E-state index contributed by atoms with van der Waals surface area (Å²) in [5, 5.41) is 0. The Morgan fingerprint density at radius 2 is 2.08 bits per heavy atom. The Bertz CT molecular complexity index is 217. The van der Waals surface area contributed by atoms with Gasteiger partial charge in [-0.2, -0.15) is 0 Å². The number of fused-ring (bicyclic) bond motifs is 1. The molecule has 0 N–H and O–H groups in total. The molecule has 1 nitrogen and oxygen atoms in total. The summed E-state index contributed by atoms with van der Waals surface area (Å²) in [6.07, 6.45) is 6.90. The van der Waals surface area contributed by atoms with Crippen LogP contribution < -0.4 is 0 Å². The first-order chi connectivity index (χ1) is 6.09. The summed E-state index contributed by atoms with van der Waals surface area (Å²) >= 11 is 0. The van der Waals surface area contributed by atoms with E-state index in [0.29, 0.717) is 11.2 Å². The minimum absolute atomic E-state index is 0.504. The second-order valence-corrected chi connectivity index (χ2v) is 5.53. The Balaban J connectivity index is 2.12. The fraction of sp³-hybridized carbons (Fsp3) is 0.917. The average Bonchev–Trinajstić information content (AvgIpc) is 2.02. The van der Waals surface area contributed by atoms with Crippen LogP contribution in [0.5, 0.6) is 0 Å². The smallest absolute Gasteiger partial charge is 0.133 e. The van der Waals surface area contributed by atoms with E-state index >= 15 is 0 Å². The molecule has 2 saturated carbocycles.